The third-order valence-corrected chi connectivity index (χ3v) is 5.64. The third-order valence-electron chi connectivity index (χ3n) is 5.64. The highest BCUT2D eigenvalue weighted by Gasteiger charge is 2.35. The van der Waals surface area contributed by atoms with Crippen LogP contribution in [0.25, 0.3) is 0 Å². The molecule has 2 aliphatic rings. The summed E-state index contributed by atoms with van der Waals surface area (Å²) in [5.74, 6) is 0.799. The normalized spacial score (nSPS) is 26.5. The number of para-hydroxylation sites is 1. The zero-order valence-electron chi connectivity index (χ0n) is 13.9. The van der Waals surface area contributed by atoms with Crippen molar-refractivity contribution in [3.63, 3.8) is 0 Å². The molecule has 0 spiro atoms. The number of hydrogen-bond donors (Lipinski definition) is 1. The van der Waals surface area contributed by atoms with Gasteiger partial charge in [0.15, 0.2) is 0 Å². The molecule has 1 saturated heterocycles. The Morgan fingerprint density at radius 1 is 1.24 bits per heavy atom. The van der Waals surface area contributed by atoms with Crippen molar-refractivity contribution >= 4 is 5.69 Å². The van der Waals surface area contributed by atoms with Crippen LogP contribution in [-0.4, -0.2) is 25.7 Å². The quantitative estimate of drug-likeness (QED) is 0.908. The molecule has 2 heteroatoms. The van der Waals surface area contributed by atoms with Gasteiger partial charge in [-0.1, -0.05) is 32.0 Å². The minimum Gasteiger partial charge on any atom is -0.368 e. The van der Waals surface area contributed by atoms with E-state index < -0.39 is 0 Å². The molecule has 3 rings (SSSR count). The number of anilines is 1. The highest BCUT2D eigenvalue weighted by molar-refractivity contribution is 5.56. The molecule has 2 nitrogen and oxygen atoms in total. The predicted molar refractivity (Wildman–Crippen MR) is 90.9 cm³/mol. The molecular weight excluding hydrogens is 256 g/mol. The molecule has 0 amide bonds. The smallest absolute Gasteiger partial charge is 0.0401 e. The van der Waals surface area contributed by atoms with Crippen LogP contribution in [0.3, 0.4) is 0 Å². The number of nitrogens with zero attached hydrogens (tertiary/aromatic N) is 1. The Labute approximate surface area is 129 Å². The Morgan fingerprint density at radius 2 is 2.05 bits per heavy atom. The van der Waals surface area contributed by atoms with Crippen LogP contribution in [0.4, 0.5) is 5.69 Å². The van der Waals surface area contributed by atoms with E-state index in [-0.39, 0.29) is 0 Å². The Hall–Kier alpha value is -1.02. The maximum atomic E-state index is 3.59. The van der Waals surface area contributed by atoms with E-state index in [1.165, 1.54) is 56.6 Å². The summed E-state index contributed by atoms with van der Waals surface area (Å²) in [6.07, 6.45) is 5.24. The fourth-order valence-corrected chi connectivity index (χ4v) is 4.09. The average Bonchev–Trinajstić information content (AvgIpc) is 2.51. The van der Waals surface area contributed by atoms with Crippen molar-refractivity contribution in [1.82, 2.24) is 5.32 Å². The van der Waals surface area contributed by atoms with Crippen LogP contribution in [0.5, 0.6) is 0 Å². The molecule has 2 aliphatic heterocycles. The molecule has 1 aromatic carbocycles. The molecule has 1 N–H and O–H groups in total. The molecule has 2 unspecified atom stereocenters. The van der Waals surface area contributed by atoms with Crippen LogP contribution in [0.15, 0.2) is 24.3 Å². The Morgan fingerprint density at radius 3 is 2.81 bits per heavy atom. The lowest BCUT2D eigenvalue weighted by atomic mass is 9.74. The Kier molecular flexibility index (Phi) is 4.26. The standard InChI is InChI=1S/C19H30N2/c1-15-10-11-16-7-4-5-9-18(16)21(15)14-19(2,3)17-8-6-12-20-13-17/h4-5,7,9,15,17,20H,6,8,10-14H2,1-3H3. The van der Waals surface area contributed by atoms with Gasteiger partial charge in [0.2, 0.25) is 0 Å². The largest absolute Gasteiger partial charge is 0.368 e. The first-order valence-electron chi connectivity index (χ1n) is 8.63. The summed E-state index contributed by atoms with van der Waals surface area (Å²) in [6.45, 7) is 10.9. The van der Waals surface area contributed by atoms with E-state index in [0.29, 0.717) is 11.5 Å². The van der Waals surface area contributed by atoms with Gasteiger partial charge in [-0.2, -0.15) is 0 Å². The fourth-order valence-electron chi connectivity index (χ4n) is 4.09. The molecule has 0 radical (unpaired) electrons. The second kappa shape index (κ2) is 6.00. The molecule has 116 valence electrons. The van der Waals surface area contributed by atoms with Crippen LogP contribution in [-0.2, 0) is 6.42 Å². The van der Waals surface area contributed by atoms with Gasteiger partial charge >= 0.3 is 0 Å². The third kappa shape index (κ3) is 3.11. The van der Waals surface area contributed by atoms with Gasteiger partial charge < -0.3 is 10.2 Å². The maximum Gasteiger partial charge on any atom is 0.0401 e. The summed E-state index contributed by atoms with van der Waals surface area (Å²) in [7, 11) is 0. The van der Waals surface area contributed by atoms with Gasteiger partial charge in [-0.05, 0) is 68.7 Å². The fraction of sp³-hybridized carbons (Fsp3) is 0.684. The molecular formula is C19H30N2. The van der Waals surface area contributed by atoms with E-state index in [4.69, 9.17) is 0 Å². The zero-order valence-corrected chi connectivity index (χ0v) is 13.9. The van der Waals surface area contributed by atoms with E-state index >= 15 is 0 Å². The van der Waals surface area contributed by atoms with Gasteiger partial charge in [0.05, 0.1) is 0 Å². The SMILES string of the molecule is CC1CCc2ccccc2N1CC(C)(C)C1CCCNC1. The van der Waals surface area contributed by atoms with Crippen molar-refractivity contribution in [3.05, 3.63) is 29.8 Å². The van der Waals surface area contributed by atoms with Crippen LogP contribution in [0.2, 0.25) is 0 Å². The molecule has 1 fully saturated rings. The summed E-state index contributed by atoms with van der Waals surface area (Å²) in [4.78, 5) is 2.67. The first-order chi connectivity index (χ1) is 10.1. The topological polar surface area (TPSA) is 15.3 Å². The number of rotatable bonds is 3. The van der Waals surface area contributed by atoms with Crippen molar-refractivity contribution in [2.24, 2.45) is 11.3 Å². The van der Waals surface area contributed by atoms with Gasteiger partial charge in [0, 0.05) is 18.3 Å². The number of hydrogen-bond acceptors (Lipinski definition) is 2. The highest BCUT2D eigenvalue weighted by Crippen LogP contribution is 2.37. The lowest BCUT2D eigenvalue weighted by molar-refractivity contribution is 0.172. The van der Waals surface area contributed by atoms with Crippen molar-refractivity contribution in [2.75, 3.05) is 24.5 Å². The van der Waals surface area contributed by atoms with Gasteiger partial charge in [-0.3, -0.25) is 0 Å². The van der Waals surface area contributed by atoms with E-state index in [9.17, 15) is 0 Å². The van der Waals surface area contributed by atoms with Gasteiger partial charge in [-0.25, -0.2) is 0 Å². The van der Waals surface area contributed by atoms with Gasteiger partial charge in [0.25, 0.3) is 0 Å². The molecule has 2 heterocycles. The first kappa shape index (κ1) is 14.9. The average molecular weight is 286 g/mol. The number of fused-ring (bicyclic) bond motifs is 1. The second-order valence-corrected chi connectivity index (χ2v) is 7.68. The van der Waals surface area contributed by atoms with Crippen molar-refractivity contribution < 1.29 is 0 Å². The minimum absolute atomic E-state index is 0.367. The summed E-state index contributed by atoms with van der Waals surface area (Å²) in [6, 6.07) is 9.67. The molecule has 1 aromatic rings. The Balaban J connectivity index is 1.79. The van der Waals surface area contributed by atoms with E-state index in [0.717, 1.165) is 5.92 Å². The molecule has 0 saturated carbocycles. The van der Waals surface area contributed by atoms with E-state index in [1.807, 2.05) is 0 Å². The molecule has 0 aromatic heterocycles. The number of nitrogens with one attached hydrogen (secondary N) is 1. The van der Waals surface area contributed by atoms with Crippen LogP contribution in [0, 0.1) is 11.3 Å². The van der Waals surface area contributed by atoms with Crippen molar-refractivity contribution in [2.45, 2.75) is 52.5 Å². The first-order valence-corrected chi connectivity index (χ1v) is 8.63. The van der Waals surface area contributed by atoms with Crippen molar-refractivity contribution in [1.29, 1.82) is 0 Å². The molecule has 2 atom stereocenters. The van der Waals surface area contributed by atoms with Crippen LogP contribution >= 0.6 is 0 Å². The minimum atomic E-state index is 0.367. The highest BCUT2D eigenvalue weighted by atomic mass is 15.2. The van der Waals surface area contributed by atoms with E-state index in [1.54, 1.807) is 0 Å². The summed E-state index contributed by atoms with van der Waals surface area (Å²) in [5, 5.41) is 3.59. The van der Waals surface area contributed by atoms with Crippen molar-refractivity contribution in [3.8, 4) is 0 Å². The van der Waals surface area contributed by atoms with Gasteiger partial charge in [-0.15, -0.1) is 0 Å². The molecule has 21 heavy (non-hydrogen) atoms. The Bertz CT molecular complexity index is 474. The summed E-state index contributed by atoms with van der Waals surface area (Å²) < 4.78 is 0. The lowest BCUT2D eigenvalue weighted by Crippen LogP contribution is -2.48. The van der Waals surface area contributed by atoms with Crippen LogP contribution < -0.4 is 10.2 Å². The monoisotopic (exact) mass is 286 g/mol. The number of piperidine rings is 1. The number of aryl methyl sites for hydroxylation is 1. The lowest BCUT2D eigenvalue weighted by Gasteiger charge is -2.45. The van der Waals surface area contributed by atoms with Crippen LogP contribution in [0.1, 0.15) is 45.6 Å². The van der Waals surface area contributed by atoms with Gasteiger partial charge in [0.1, 0.15) is 0 Å². The van der Waals surface area contributed by atoms with E-state index in [2.05, 4.69) is 55.3 Å². The number of benzene rings is 1. The maximum absolute atomic E-state index is 3.59. The molecule has 0 bridgehead atoms. The molecule has 0 aliphatic carbocycles. The second-order valence-electron chi connectivity index (χ2n) is 7.68. The summed E-state index contributed by atoms with van der Waals surface area (Å²) in [5.41, 5.74) is 3.38. The summed E-state index contributed by atoms with van der Waals surface area (Å²) >= 11 is 0. The predicted octanol–water partition coefficient (Wildman–Crippen LogP) is 3.85. The zero-order chi connectivity index (χ0) is 14.9.